The zero-order chi connectivity index (χ0) is 22.8. The van der Waals surface area contributed by atoms with Crippen LogP contribution in [0.25, 0.3) is 11.4 Å². The molecule has 0 saturated carbocycles. The van der Waals surface area contributed by atoms with Crippen LogP contribution in [0.1, 0.15) is 54.9 Å². The third-order valence-corrected chi connectivity index (χ3v) is 7.05. The first kappa shape index (κ1) is 22.5. The molecule has 0 bridgehead atoms. The molecule has 6 heteroatoms. The maximum atomic E-state index is 4.65. The molecule has 0 spiro atoms. The molecule has 32 heavy (non-hydrogen) atoms. The van der Waals surface area contributed by atoms with E-state index in [1.165, 1.54) is 22.3 Å². The van der Waals surface area contributed by atoms with Gasteiger partial charge < -0.3 is 4.90 Å². The summed E-state index contributed by atoms with van der Waals surface area (Å²) in [5, 5.41) is 13.5. The van der Waals surface area contributed by atoms with Crippen LogP contribution in [0.2, 0.25) is 0 Å². The highest BCUT2D eigenvalue weighted by Crippen LogP contribution is 2.30. The van der Waals surface area contributed by atoms with Crippen molar-refractivity contribution in [1.29, 1.82) is 0 Å². The van der Waals surface area contributed by atoms with Crippen LogP contribution in [-0.4, -0.2) is 51.1 Å². The van der Waals surface area contributed by atoms with Crippen LogP contribution in [0.4, 0.5) is 5.82 Å². The molecule has 3 heterocycles. The molecule has 1 aliphatic heterocycles. The summed E-state index contributed by atoms with van der Waals surface area (Å²) in [5.41, 5.74) is 7.25. The van der Waals surface area contributed by atoms with Crippen molar-refractivity contribution in [2.45, 2.75) is 59.0 Å². The Kier molecular flexibility index (Phi) is 6.60. The maximum absolute atomic E-state index is 4.65. The molecule has 1 aliphatic rings. The molecular weight excluding hydrogens is 396 g/mol. The van der Waals surface area contributed by atoms with E-state index < -0.39 is 0 Å². The van der Waals surface area contributed by atoms with Gasteiger partial charge in [-0.3, -0.25) is 9.58 Å². The number of hydrogen-bond acceptors (Lipinski definition) is 5. The number of piperidine rings is 1. The number of aromatic nitrogens is 4. The first-order valence-electron chi connectivity index (χ1n) is 11.7. The normalized spacial score (nSPS) is 15.2. The molecule has 1 aromatic carbocycles. The SMILES string of the molecule is Cc1c(-c2ccnn2C)nnc(N2CCC(N(C)Cc3ccccc3C(C)C)CC2)c1C. The summed E-state index contributed by atoms with van der Waals surface area (Å²) in [5.74, 6) is 1.58. The van der Waals surface area contributed by atoms with E-state index in [2.05, 4.69) is 84.1 Å². The van der Waals surface area contributed by atoms with E-state index in [0.29, 0.717) is 12.0 Å². The lowest BCUT2D eigenvalue weighted by Crippen LogP contribution is -2.43. The summed E-state index contributed by atoms with van der Waals surface area (Å²) in [4.78, 5) is 4.95. The second kappa shape index (κ2) is 9.41. The van der Waals surface area contributed by atoms with Gasteiger partial charge in [0.15, 0.2) is 5.82 Å². The van der Waals surface area contributed by atoms with Crippen molar-refractivity contribution in [3.63, 3.8) is 0 Å². The highest BCUT2D eigenvalue weighted by atomic mass is 15.3. The second-order valence-electron chi connectivity index (χ2n) is 9.45. The van der Waals surface area contributed by atoms with Gasteiger partial charge in [0.05, 0.1) is 5.69 Å². The number of anilines is 1. The van der Waals surface area contributed by atoms with E-state index in [9.17, 15) is 0 Å². The average Bonchev–Trinajstić information content (AvgIpc) is 3.21. The molecule has 0 N–H and O–H groups in total. The Balaban J connectivity index is 1.43. The molecule has 0 aliphatic carbocycles. The lowest BCUT2D eigenvalue weighted by atomic mass is 9.96. The third kappa shape index (κ3) is 4.42. The Bertz CT molecular complexity index is 1060. The number of nitrogens with zero attached hydrogens (tertiary/aromatic N) is 6. The van der Waals surface area contributed by atoms with Gasteiger partial charge >= 0.3 is 0 Å². The number of aryl methyl sites for hydroxylation is 1. The molecule has 4 rings (SSSR count). The second-order valence-corrected chi connectivity index (χ2v) is 9.45. The van der Waals surface area contributed by atoms with Gasteiger partial charge in [-0.15, -0.1) is 10.2 Å². The Morgan fingerprint density at radius 3 is 2.41 bits per heavy atom. The zero-order valence-electron chi connectivity index (χ0n) is 20.3. The van der Waals surface area contributed by atoms with Gasteiger partial charge in [0.1, 0.15) is 5.69 Å². The van der Waals surface area contributed by atoms with Crippen molar-refractivity contribution < 1.29 is 0 Å². The Morgan fingerprint density at radius 1 is 1.03 bits per heavy atom. The maximum Gasteiger partial charge on any atom is 0.154 e. The van der Waals surface area contributed by atoms with Crippen LogP contribution in [0.15, 0.2) is 36.5 Å². The molecular formula is C26H36N6. The van der Waals surface area contributed by atoms with Crippen molar-refractivity contribution in [3.8, 4) is 11.4 Å². The molecule has 170 valence electrons. The number of rotatable bonds is 6. The van der Waals surface area contributed by atoms with Gasteiger partial charge in [-0.1, -0.05) is 38.1 Å². The Morgan fingerprint density at radius 2 is 1.75 bits per heavy atom. The van der Waals surface area contributed by atoms with Gasteiger partial charge in [-0.25, -0.2) is 0 Å². The fraction of sp³-hybridized carbons (Fsp3) is 0.500. The van der Waals surface area contributed by atoms with Gasteiger partial charge in [0.25, 0.3) is 0 Å². The number of benzene rings is 1. The molecule has 1 fully saturated rings. The summed E-state index contributed by atoms with van der Waals surface area (Å²) in [6, 6.07) is 11.5. The van der Waals surface area contributed by atoms with Crippen molar-refractivity contribution in [3.05, 3.63) is 58.8 Å². The largest absolute Gasteiger partial charge is 0.355 e. The van der Waals surface area contributed by atoms with Crippen LogP contribution >= 0.6 is 0 Å². The standard InChI is InChI=1S/C26H36N6/c1-18(2)23-10-8-7-9-21(23)17-30(5)22-12-15-32(16-13-22)26-20(4)19(3)25(28-29-26)24-11-14-27-31(24)6/h7-11,14,18,22H,12-13,15-17H2,1-6H3. The fourth-order valence-electron chi connectivity index (χ4n) is 4.90. The van der Waals surface area contributed by atoms with E-state index in [-0.39, 0.29) is 0 Å². The van der Waals surface area contributed by atoms with Crippen LogP contribution < -0.4 is 4.90 Å². The van der Waals surface area contributed by atoms with Gasteiger partial charge in [0, 0.05) is 38.9 Å². The molecule has 1 saturated heterocycles. The molecule has 0 amide bonds. The topological polar surface area (TPSA) is 50.1 Å². The first-order valence-corrected chi connectivity index (χ1v) is 11.7. The lowest BCUT2D eigenvalue weighted by molar-refractivity contribution is 0.199. The number of hydrogen-bond donors (Lipinski definition) is 0. The molecule has 0 unspecified atom stereocenters. The van der Waals surface area contributed by atoms with Crippen molar-refractivity contribution >= 4 is 5.82 Å². The predicted octanol–water partition coefficient (Wildman–Crippen LogP) is 4.72. The first-order chi connectivity index (χ1) is 15.4. The molecule has 2 aromatic heterocycles. The Labute approximate surface area is 192 Å². The molecule has 3 aromatic rings. The van der Waals surface area contributed by atoms with Crippen molar-refractivity contribution in [2.24, 2.45) is 7.05 Å². The van der Waals surface area contributed by atoms with Gasteiger partial charge in [0.2, 0.25) is 0 Å². The molecule has 0 atom stereocenters. The van der Waals surface area contributed by atoms with Crippen LogP contribution in [-0.2, 0) is 13.6 Å². The monoisotopic (exact) mass is 432 g/mol. The minimum atomic E-state index is 0.556. The van der Waals surface area contributed by atoms with Crippen LogP contribution in [0, 0.1) is 13.8 Å². The van der Waals surface area contributed by atoms with Gasteiger partial charge in [-0.05, 0) is 68.0 Å². The van der Waals surface area contributed by atoms with E-state index in [0.717, 1.165) is 49.7 Å². The fourth-order valence-corrected chi connectivity index (χ4v) is 4.90. The van der Waals surface area contributed by atoms with E-state index in [1.54, 1.807) is 6.20 Å². The molecule has 6 nitrogen and oxygen atoms in total. The predicted molar refractivity (Wildman–Crippen MR) is 131 cm³/mol. The van der Waals surface area contributed by atoms with Crippen LogP contribution in [0.3, 0.4) is 0 Å². The minimum absolute atomic E-state index is 0.556. The van der Waals surface area contributed by atoms with Crippen molar-refractivity contribution in [2.75, 3.05) is 25.0 Å². The van der Waals surface area contributed by atoms with Gasteiger partial charge in [-0.2, -0.15) is 5.10 Å². The van der Waals surface area contributed by atoms with Crippen molar-refractivity contribution in [1.82, 2.24) is 24.9 Å². The molecule has 0 radical (unpaired) electrons. The summed E-state index contributed by atoms with van der Waals surface area (Å²) < 4.78 is 1.86. The zero-order valence-corrected chi connectivity index (χ0v) is 20.3. The average molecular weight is 433 g/mol. The summed E-state index contributed by atoms with van der Waals surface area (Å²) in [7, 11) is 4.22. The van der Waals surface area contributed by atoms with E-state index in [4.69, 9.17) is 0 Å². The lowest BCUT2D eigenvalue weighted by Gasteiger charge is -2.38. The summed E-state index contributed by atoms with van der Waals surface area (Å²) in [6.07, 6.45) is 4.09. The summed E-state index contributed by atoms with van der Waals surface area (Å²) in [6.45, 7) is 11.9. The van der Waals surface area contributed by atoms with E-state index in [1.807, 2.05) is 17.8 Å². The minimum Gasteiger partial charge on any atom is -0.355 e. The highest BCUT2D eigenvalue weighted by molar-refractivity contribution is 5.64. The van der Waals surface area contributed by atoms with Crippen LogP contribution in [0.5, 0.6) is 0 Å². The summed E-state index contributed by atoms with van der Waals surface area (Å²) >= 11 is 0. The smallest absolute Gasteiger partial charge is 0.154 e. The Hall–Kier alpha value is -2.73. The third-order valence-electron chi connectivity index (χ3n) is 7.05. The highest BCUT2D eigenvalue weighted by Gasteiger charge is 2.26. The van der Waals surface area contributed by atoms with E-state index >= 15 is 0 Å². The quantitative estimate of drug-likeness (QED) is 0.564.